The Morgan fingerprint density at radius 1 is 1.38 bits per heavy atom. The molecular weight excluding hydrogens is 386 g/mol. The van der Waals surface area contributed by atoms with E-state index in [2.05, 4.69) is 21.2 Å². The van der Waals surface area contributed by atoms with Crippen molar-refractivity contribution in [3.63, 3.8) is 0 Å². The zero-order valence-electron chi connectivity index (χ0n) is 12.6. The molecule has 0 radical (unpaired) electrons. The molecule has 1 aromatic carbocycles. The Morgan fingerprint density at radius 2 is 2.04 bits per heavy atom. The van der Waals surface area contributed by atoms with Gasteiger partial charge in [-0.1, -0.05) is 15.9 Å². The van der Waals surface area contributed by atoms with Crippen LogP contribution in [0.15, 0.2) is 27.5 Å². The summed E-state index contributed by atoms with van der Waals surface area (Å²) in [6.45, 7) is 1.45. The van der Waals surface area contributed by atoms with Gasteiger partial charge in [0.15, 0.2) is 0 Å². The zero-order chi connectivity index (χ0) is 17.6. The van der Waals surface area contributed by atoms with Crippen LogP contribution in [0.2, 0.25) is 0 Å². The van der Waals surface area contributed by atoms with Crippen LogP contribution in [-0.2, 0) is 0 Å². The van der Waals surface area contributed by atoms with E-state index in [0.29, 0.717) is 17.3 Å². The molecule has 0 spiro atoms. The topological polar surface area (TPSA) is 71.3 Å². The second-order valence-corrected chi connectivity index (χ2v) is 6.53. The largest absolute Gasteiger partial charge is 0.478 e. The fourth-order valence-corrected chi connectivity index (χ4v) is 2.99. The second-order valence-electron chi connectivity index (χ2n) is 5.61. The van der Waals surface area contributed by atoms with E-state index in [1.807, 2.05) is 0 Å². The third kappa shape index (κ3) is 2.82. The van der Waals surface area contributed by atoms with Crippen molar-refractivity contribution in [1.82, 2.24) is 4.57 Å². The first-order valence-electron chi connectivity index (χ1n) is 7.21. The molecule has 24 heavy (non-hydrogen) atoms. The Labute approximate surface area is 144 Å². The molecule has 1 aliphatic carbocycles. The maximum Gasteiger partial charge on any atom is 0.339 e. The molecule has 1 saturated carbocycles. The lowest BCUT2D eigenvalue weighted by molar-refractivity contribution is 0.0695. The molecule has 0 aliphatic heterocycles. The Balaban J connectivity index is 2.19. The number of aromatic carboxylic acids is 1. The smallest absolute Gasteiger partial charge is 0.339 e. The van der Waals surface area contributed by atoms with E-state index in [4.69, 9.17) is 0 Å². The molecule has 0 bridgehead atoms. The number of nitrogens with one attached hydrogen (secondary N) is 1. The van der Waals surface area contributed by atoms with Gasteiger partial charge in [-0.15, -0.1) is 0 Å². The molecule has 0 saturated heterocycles. The highest BCUT2D eigenvalue weighted by Gasteiger charge is 2.32. The molecule has 3 rings (SSSR count). The molecular formula is C16H13BrF2N2O3. The molecule has 5 nitrogen and oxygen atoms in total. The van der Waals surface area contributed by atoms with Gasteiger partial charge in [-0.25, -0.2) is 9.18 Å². The van der Waals surface area contributed by atoms with Gasteiger partial charge in [0.05, 0.1) is 11.4 Å². The molecule has 1 aromatic heterocycles. The van der Waals surface area contributed by atoms with Crippen molar-refractivity contribution >= 4 is 33.3 Å². The summed E-state index contributed by atoms with van der Waals surface area (Å²) in [5.41, 5.74) is -1.77. The van der Waals surface area contributed by atoms with Gasteiger partial charge in [0.2, 0.25) is 5.82 Å². The van der Waals surface area contributed by atoms with Gasteiger partial charge in [-0.2, -0.15) is 4.39 Å². The zero-order valence-corrected chi connectivity index (χ0v) is 14.2. The van der Waals surface area contributed by atoms with E-state index in [0.717, 1.165) is 6.07 Å². The van der Waals surface area contributed by atoms with Gasteiger partial charge in [0, 0.05) is 16.2 Å². The fourth-order valence-electron chi connectivity index (χ4n) is 2.65. The summed E-state index contributed by atoms with van der Waals surface area (Å²) in [5.74, 6) is -3.32. The normalized spacial score (nSPS) is 13.8. The number of carboxylic acids is 1. The highest BCUT2D eigenvalue weighted by molar-refractivity contribution is 9.10. The van der Waals surface area contributed by atoms with Gasteiger partial charge in [0.25, 0.3) is 5.56 Å². The average molecular weight is 399 g/mol. The molecule has 0 atom stereocenters. The molecule has 2 aromatic rings. The lowest BCUT2D eigenvalue weighted by Crippen LogP contribution is -2.29. The van der Waals surface area contributed by atoms with Crippen LogP contribution >= 0.6 is 15.9 Å². The first kappa shape index (κ1) is 16.6. The van der Waals surface area contributed by atoms with Crippen LogP contribution in [0.5, 0.6) is 0 Å². The van der Waals surface area contributed by atoms with Crippen molar-refractivity contribution in [2.75, 3.05) is 5.32 Å². The molecule has 1 heterocycles. The SMILES string of the molecule is Cc1c(C(=O)O)c(Nc2ccc(Br)cc2F)c(F)c(=O)n1C1CC1. The summed E-state index contributed by atoms with van der Waals surface area (Å²) in [7, 11) is 0. The predicted molar refractivity (Wildman–Crippen MR) is 88.0 cm³/mol. The lowest BCUT2D eigenvalue weighted by atomic mass is 10.1. The average Bonchev–Trinajstić information content (AvgIpc) is 3.31. The number of hydrogen-bond acceptors (Lipinski definition) is 3. The number of hydrogen-bond donors (Lipinski definition) is 2. The highest BCUT2D eigenvalue weighted by atomic mass is 79.9. The molecule has 8 heteroatoms. The van der Waals surface area contributed by atoms with Crippen molar-refractivity contribution in [2.45, 2.75) is 25.8 Å². The number of rotatable bonds is 4. The number of aromatic nitrogens is 1. The monoisotopic (exact) mass is 398 g/mol. The van der Waals surface area contributed by atoms with Gasteiger partial charge in [-0.3, -0.25) is 4.79 Å². The summed E-state index contributed by atoms with van der Waals surface area (Å²) in [5, 5.41) is 11.9. The molecule has 1 aliphatic rings. The van der Waals surface area contributed by atoms with Gasteiger partial charge < -0.3 is 15.0 Å². The number of pyridine rings is 1. The Morgan fingerprint density at radius 3 is 2.58 bits per heavy atom. The fraction of sp³-hybridized carbons (Fsp3) is 0.250. The molecule has 1 fully saturated rings. The Kier molecular flexibility index (Phi) is 4.16. The number of nitrogens with zero attached hydrogens (tertiary/aromatic N) is 1. The van der Waals surface area contributed by atoms with E-state index >= 15 is 0 Å². The van der Waals surface area contributed by atoms with Gasteiger partial charge >= 0.3 is 5.97 Å². The van der Waals surface area contributed by atoms with Crippen molar-refractivity contribution in [3.05, 3.63) is 55.9 Å². The molecule has 0 amide bonds. The van der Waals surface area contributed by atoms with E-state index in [9.17, 15) is 23.5 Å². The minimum Gasteiger partial charge on any atom is -0.478 e. The Hall–Kier alpha value is -2.22. The van der Waals surface area contributed by atoms with E-state index in [1.54, 1.807) is 0 Å². The molecule has 2 N–H and O–H groups in total. The summed E-state index contributed by atoms with van der Waals surface area (Å²) in [4.78, 5) is 23.9. The van der Waals surface area contributed by atoms with Crippen LogP contribution in [0.1, 0.15) is 34.9 Å². The van der Waals surface area contributed by atoms with Crippen molar-refractivity contribution in [1.29, 1.82) is 0 Å². The molecule has 0 unspecified atom stereocenters. The number of carboxylic acid groups (broad SMARTS) is 1. The first-order chi connectivity index (χ1) is 11.3. The number of anilines is 2. The van der Waals surface area contributed by atoms with E-state index in [-0.39, 0.29) is 23.0 Å². The van der Waals surface area contributed by atoms with Crippen molar-refractivity contribution < 1.29 is 18.7 Å². The van der Waals surface area contributed by atoms with Crippen LogP contribution < -0.4 is 10.9 Å². The number of benzene rings is 1. The third-order valence-corrected chi connectivity index (χ3v) is 4.41. The minimum absolute atomic E-state index is 0.123. The van der Waals surface area contributed by atoms with E-state index in [1.165, 1.54) is 23.6 Å². The van der Waals surface area contributed by atoms with Crippen LogP contribution in [-0.4, -0.2) is 15.6 Å². The Bertz CT molecular complexity index is 907. The quantitative estimate of drug-likeness (QED) is 0.816. The van der Waals surface area contributed by atoms with Crippen LogP contribution in [0.3, 0.4) is 0 Å². The maximum atomic E-state index is 14.6. The predicted octanol–water partition coefficient (Wildman–Crippen LogP) is 3.97. The second kappa shape index (κ2) is 6.01. The van der Waals surface area contributed by atoms with Gasteiger partial charge in [0.1, 0.15) is 11.4 Å². The standard InChI is InChI=1S/C16H13BrF2N2O3/c1-7-12(16(23)24)14(13(19)15(22)21(7)9-3-4-9)20-11-5-2-8(17)6-10(11)18/h2,5-6,9,20H,3-4H2,1H3,(H,23,24). The van der Waals surface area contributed by atoms with E-state index < -0.39 is 28.9 Å². The minimum atomic E-state index is -1.39. The third-order valence-electron chi connectivity index (χ3n) is 3.92. The highest BCUT2D eigenvalue weighted by Crippen LogP contribution is 2.37. The summed E-state index contributed by atoms with van der Waals surface area (Å²) < 4.78 is 30.2. The lowest BCUT2D eigenvalue weighted by Gasteiger charge is -2.17. The number of carbonyl (C=O) groups is 1. The summed E-state index contributed by atoms with van der Waals surface area (Å²) >= 11 is 3.10. The maximum absolute atomic E-state index is 14.6. The number of halogens is 3. The summed E-state index contributed by atoms with van der Waals surface area (Å²) in [6.07, 6.45) is 1.40. The van der Waals surface area contributed by atoms with Crippen molar-refractivity contribution in [3.8, 4) is 0 Å². The van der Waals surface area contributed by atoms with Crippen LogP contribution in [0.25, 0.3) is 0 Å². The first-order valence-corrected chi connectivity index (χ1v) is 8.00. The van der Waals surface area contributed by atoms with Crippen LogP contribution in [0, 0.1) is 18.6 Å². The van der Waals surface area contributed by atoms with Crippen molar-refractivity contribution in [2.24, 2.45) is 0 Å². The van der Waals surface area contributed by atoms with Gasteiger partial charge in [-0.05, 0) is 38.0 Å². The molecule has 126 valence electrons. The summed E-state index contributed by atoms with van der Waals surface area (Å²) in [6, 6.07) is 3.82. The van der Waals surface area contributed by atoms with Crippen LogP contribution in [0.4, 0.5) is 20.2 Å².